The van der Waals surface area contributed by atoms with Crippen molar-refractivity contribution in [1.82, 2.24) is 0 Å². The largest absolute Gasteiger partial charge is 0.382 e. The lowest BCUT2D eigenvalue weighted by Gasteiger charge is -2.30. The second-order valence-electron chi connectivity index (χ2n) is 6.88. The lowest BCUT2D eigenvalue weighted by molar-refractivity contribution is 0.0116. The average Bonchev–Trinajstić information content (AvgIpc) is 2.56. The summed E-state index contributed by atoms with van der Waals surface area (Å²) in [6.45, 7) is 0. The van der Waals surface area contributed by atoms with Gasteiger partial charge in [0.05, 0.1) is 0 Å². The zero-order valence-electron chi connectivity index (χ0n) is 12.8. The maximum Gasteiger partial charge on any atom is 0.194 e. The van der Waals surface area contributed by atoms with Crippen LogP contribution in [0.15, 0.2) is 24.3 Å². The maximum absolute atomic E-state index is 12.6. The molecule has 2 aliphatic rings. The van der Waals surface area contributed by atoms with Crippen LogP contribution in [0.2, 0.25) is 0 Å². The molecule has 3 rings (SSSR count). The van der Waals surface area contributed by atoms with E-state index in [0.717, 1.165) is 19.3 Å². The van der Waals surface area contributed by atoms with E-state index in [0.29, 0.717) is 24.3 Å². The number of ketones is 1. The fraction of sp³-hybridized carbons (Fsp3) is 0.632. The molecule has 2 aliphatic carbocycles. The summed E-state index contributed by atoms with van der Waals surface area (Å²) in [6.07, 6.45) is 10.9. The van der Waals surface area contributed by atoms with Gasteiger partial charge in [0, 0.05) is 5.56 Å². The molecule has 2 heteroatoms. The van der Waals surface area contributed by atoms with E-state index in [1.807, 2.05) is 12.1 Å². The van der Waals surface area contributed by atoms with Crippen LogP contribution < -0.4 is 0 Å². The summed E-state index contributed by atoms with van der Waals surface area (Å²) in [7, 11) is 0. The van der Waals surface area contributed by atoms with Gasteiger partial charge in [0.15, 0.2) is 5.78 Å². The number of Topliss-reactive ketones (excluding diaryl/α,β-unsaturated/α-hetero) is 1. The Kier molecular flexibility index (Phi) is 4.44. The van der Waals surface area contributed by atoms with Gasteiger partial charge >= 0.3 is 0 Å². The first-order valence-corrected chi connectivity index (χ1v) is 8.56. The number of aliphatic hydroxyl groups is 1. The molecule has 0 spiro atoms. The van der Waals surface area contributed by atoms with Gasteiger partial charge < -0.3 is 5.11 Å². The molecule has 0 bridgehead atoms. The Morgan fingerprint density at radius 3 is 2.10 bits per heavy atom. The van der Waals surface area contributed by atoms with Crippen LogP contribution in [0.1, 0.15) is 86.0 Å². The van der Waals surface area contributed by atoms with Crippen LogP contribution in [0.5, 0.6) is 0 Å². The Morgan fingerprint density at radius 1 is 0.905 bits per heavy atom. The van der Waals surface area contributed by atoms with Gasteiger partial charge in [0.1, 0.15) is 5.60 Å². The van der Waals surface area contributed by atoms with Crippen LogP contribution >= 0.6 is 0 Å². The molecule has 0 heterocycles. The Bertz CT molecular complexity index is 477. The summed E-state index contributed by atoms with van der Waals surface area (Å²) in [5.41, 5.74) is 0.936. The van der Waals surface area contributed by atoms with E-state index in [9.17, 15) is 9.90 Å². The Balaban J connectivity index is 1.72. The van der Waals surface area contributed by atoms with Gasteiger partial charge in [-0.25, -0.2) is 0 Å². The molecule has 1 aromatic carbocycles. The second-order valence-corrected chi connectivity index (χ2v) is 6.88. The number of benzene rings is 1. The summed E-state index contributed by atoms with van der Waals surface area (Å²) < 4.78 is 0. The third kappa shape index (κ3) is 3.21. The molecule has 1 aromatic rings. The van der Waals surface area contributed by atoms with E-state index in [1.165, 1.54) is 37.7 Å². The first-order chi connectivity index (χ1) is 10.2. The summed E-state index contributed by atoms with van der Waals surface area (Å²) in [4.78, 5) is 12.6. The van der Waals surface area contributed by atoms with Gasteiger partial charge in [-0.15, -0.1) is 0 Å². The third-order valence-electron chi connectivity index (χ3n) is 5.35. The minimum absolute atomic E-state index is 0.0719. The van der Waals surface area contributed by atoms with Gasteiger partial charge in [-0.3, -0.25) is 4.79 Å². The van der Waals surface area contributed by atoms with E-state index in [2.05, 4.69) is 12.1 Å². The summed E-state index contributed by atoms with van der Waals surface area (Å²) in [6, 6.07) is 8.07. The van der Waals surface area contributed by atoms with Crippen LogP contribution in [0, 0.1) is 0 Å². The van der Waals surface area contributed by atoms with Crippen LogP contribution in [-0.2, 0) is 0 Å². The number of carbonyl (C=O) groups is 1. The van der Waals surface area contributed by atoms with Gasteiger partial charge in [0.25, 0.3) is 0 Å². The van der Waals surface area contributed by atoms with E-state index < -0.39 is 5.60 Å². The summed E-state index contributed by atoms with van der Waals surface area (Å²) >= 11 is 0. The van der Waals surface area contributed by atoms with E-state index >= 15 is 0 Å². The van der Waals surface area contributed by atoms with Gasteiger partial charge in [-0.2, -0.15) is 0 Å². The Morgan fingerprint density at radius 2 is 1.48 bits per heavy atom. The van der Waals surface area contributed by atoms with Crippen molar-refractivity contribution in [3.05, 3.63) is 35.4 Å². The van der Waals surface area contributed by atoms with Crippen LogP contribution in [0.4, 0.5) is 0 Å². The molecule has 0 radical (unpaired) electrons. The predicted octanol–water partition coefficient (Wildman–Crippen LogP) is 4.61. The van der Waals surface area contributed by atoms with Crippen molar-refractivity contribution in [2.45, 2.75) is 75.7 Å². The smallest absolute Gasteiger partial charge is 0.194 e. The fourth-order valence-electron chi connectivity index (χ4n) is 3.97. The summed E-state index contributed by atoms with van der Waals surface area (Å²) in [5, 5.41) is 10.6. The average molecular weight is 286 g/mol. The fourth-order valence-corrected chi connectivity index (χ4v) is 3.97. The molecule has 1 N–H and O–H groups in total. The van der Waals surface area contributed by atoms with Crippen molar-refractivity contribution in [3.8, 4) is 0 Å². The lowest BCUT2D eigenvalue weighted by atomic mass is 9.79. The van der Waals surface area contributed by atoms with Gasteiger partial charge in [-0.05, 0) is 37.2 Å². The monoisotopic (exact) mass is 286 g/mol. The van der Waals surface area contributed by atoms with Crippen LogP contribution in [0.25, 0.3) is 0 Å². The number of carbonyl (C=O) groups excluding carboxylic acids is 1. The van der Waals surface area contributed by atoms with Crippen molar-refractivity contribution in [2.24, 2.45) is 0 Å². The molecule has 0 unspecified atom stereocenters. The Labute approximate surface area is 127 Å². The minimum atomic E-state index is -1.11. The van der Waals surface area contributed by atoms with E-state index in [1.54, 1.807) is 0 Å². The SMILES string of the molecule is O=C(c1ccc(C2CCCCC2)cc1)C1(O)CCCCC1. The zero-order valence-corrected chi connectivity index (χ0v) is 12.8. The highest BCUT2D eigenvalue weighted by atomic mass is 16.3. The van der Waals surface area contributed by atoms with Crippen molar-refractivity contribution >= 4 is 5.78 Å². The molecule has 2 nitrogen and oxygen atoms in total. The molecule has 0 saturated heterocycles. The minimum Gasteiger partial charge on any atom is -0.382 e. The zero-order chi connectivity index (χ0) is 14.7. The maximum atomic E-state index is 12.6. The normalized spacial score (nSPS) is 22.9. The van der Waals surface area contributed by atoms with Crippen LogP contribution in [0.3, 0.4) is 0 Å². The highest BCUT2D eigenvalue weighted by Gasteiger charge is 2.37. The molecule has 2 saturated carbocycles. The topological polar surface area (TPSA) is 37.3 Å². The summed E-state index contributed by atoms with van der Waals surface area (Å²) in [5.74, 6) is 0.595. The van der Waals surface area contributed by atoms with Gasteiger partial charge in [-0.1, -0.05) is 62.8 Å². The van der Waals surface area contributed by atoms with Gasteiger partial charge in [0.2, 0.25) is 0 Å². The molecule has 114 valence electrons. The molecule has 0 aliphatic heterocycles. The molecule has 0 atom stereocenters. The molecular formula is C19H26O2. The molecule has 21 heavy (non-hydrogen) atoms. The second kappa shape index (κ2) is 6.31. The van der Waals surface area contributed by atoms with Crippen molar-refractivity contribution < 1.29 is 9.90 Å². The first kappa shape index (κ1) is 14.8. The first-order valence-electron chi connectivity index (χ1n) is 8.56. The standard InChI is InChI=1S/C19H26O2/c20-18(19(21)13-5-2-6-14-19)17-11-9-16(10-12-17)15-7-3-1-4-8-15/h9-12,15,21H,1-8,13-14H2. The number of rotatable bonds is 3. The van der Waals surface area contributed by atoms with E-state index in [-0.39, 0.29) is 5.78 Å². The number of hydrogen-bond acceptors (Lipinski definition) is 2. The molecule has 0 amide bonds. The quantitative estimate of drug-likeness (QED) is 0.824. The number of hydrogen-bond donors (Lipinski definition) is 1. The van der Waals surface area contributed by atoms with Crippen molar-refractivity contribution in [1.29, 1.82) is 0 Å². The van der Waals surface area contributed by atoms with E-state index in [4.69, 9.17) is 0 Å². The molecule has 2 fully saturated rings. The molecular weight excluding hydrogens is 260 g/mol. The van der Waals surface area contributed by atoms with Crippen molar-refractivity contribution in [2.75, 3.05) is 0 Å². The highest BCUT2D eigenvalue weighted by molar-refractivity contribution is 6.02. The highest BCUT2D eigenvalue weighted by Crippen LogP contribution is 2.34. The van der Waals surface area contributed by atoms with Crippen molar-refractivity contribution in [3.63, 3.8) is 0 Å². The Hall–Kier alpha value is -1.15. The third-order valence-corrected chi connectivity index (χ3v) is 5.35. The predicted molar refractivity (Wildman–Crippen MR) is 84.6 cm³/mol. The lowest BCUT2D eigenvalue weighted by Crippen LogP contribution is -2.40. The van der Waals surface area contributed by atoms with Crippen LogP contribution in [-0.4, -0.2) is 16.5 Å². The molecule has 0 aromatic heterocycles.